The SMILES string of the molecule is CCC/C=C/NC(=NC(C)c1nnc(C)s1)c1cc(-c2ncc(C)cn2)cc(OC)c1C. The normalized spacial score (nSPS) is 12.9. The van der Waals surface area contributed by atoms with E-state index in [0.717, 1.165) is 56.7 Å². The van der Waals surface area contributed by atoms with Crippen molar-refractivity contribution in [2.45, 2.75) is 53.5 Å². The minimum Gasteiger partial charge on any atom is -0.496 e. The maximum Gasteiger partial charge on any atom is 0.159 e. The van der Waals surface area contributed by atoms with Crippen molar-refractivity contribution in [1.29, 1.82) is 0 Å². The third kappa shape index (κ3) is 5.76. The lowest BCUT2D eigenvalue weighted by atomic mass is 10.0. The maximum absolute atomic E-state index is 5.68. The number of nitrogens with zero attached hydrogens (tertiary/aromatic N) is 5. The lowest BCUT2D eigenvalue weighted by molar-refractivity contribution is 0.411. The molecule has 7 nitrogen and oxygen atoms in total. The van der Waals surface area contributed by atoms with Gasteiger partial charge in [-0.2, -0.15) is 0 Å². The van der Waals surface area contributed by atoms with Crippen molar-refractivity contribution in [3.63, 3.8) is 0 Å². The van der Waals surface area contributed by atoms with Gasteiger partial charge in [-0.05, 0) is 58.0 Å². The number of benzene rings is 1. The smallest absolute Gasteiger partial charge is 0.159 e. The van der Waals surface area contributed by atoms with Crippen molar-refractivity contribution in [1.82, 2.24) is 25.5 Å². The Kier molecular flexibility index (Phi) is 8.05. The van der Waals surface area contributed by atoms with Gasteiger partial charge in [-0.25, -0.2) is 9.97 Å². The molecule has 2 heterocycles. The number of allylic oxidation sites excluding steroid dienone is 1. The van der Waals surface area contributed by atoms with Gasteiger partial charge < -0.3 is 10.1 Å². The molecule has 1 atom stereocenters. The van der Waals surface area contributed by atoms with Gasteiger partial charge in [0.05, 0.1) is 7.11 Å². The fraction of sp³-hybridized carbons (Fsp3) is 0.375. The van der Waals surface area contributed by atoms with Gasteiger partial charge in [0.15, 0.2) is 5.82 Å². The number of unbranched alkanes of at least 4 members (excludes halogenated alkanes) is 1. The highest BCUT2D eigenvalue weighted by atomic mass is 32.1. The number of aryl methyl sites for hydroxylation is 2. The Labute approximate surface area is 193 Å². The minimum absolute atomic E-state index is 0.145. The van der Waals surface area contributed by atoms with E-state index in [1.165, 1.54) is 0 Å². The Bertz CT molecular complexity index is 1100. The monoisotopic (exact) mass is 450 g/mol. The number of amidine groups is 1. The molecule has 32 heavy (non-hydrogen) atoms. The van der Waals surface area contributed by atoms with Crippen LogP contribution in [-0.2, 0) is 0 Å². The van der Waals surface area contributed by atoms with Crippen LogP contribution in [0.4, 0.5) is 0 Å². The number of nitrogens with one attached hydrogen (secondary N) is 1. The molecule has 0 bridgehead atoms. The molecule has 0 aliphatic heterocycles. The molecule has 2 aromatic heterocycles. The Balaban J connectivity index is 2.10. The third-order valence-electron chi connectivity index (χ3n) is 4.89. The van der Waals surface area contributed by atoms with Gasteiger partial charge in [-0.3, -0.25) is 4.99 Å². The van der Waals surface area contributed by atoms with Crippen molar-refractivity contribution in [2.24, 2.45) is 4.99 Å². The molecule has 0 amide bonds. The topological polar surface area (TPSA) is 85.2 Å². The highest BCUT2D eigenvalue weighted by molar-refractivity contribution is 7.11. The summed E-state index contributed by atoms with van der Waals surface area (Å²) in [6, 6.07) is 3.87. The van der Waals surface area contributed by atoms with Crippen LogP contribution >= 0.6 is 11.3 Å². The van der Waals surface area contributed by atoms with Crippen LogP contribution in [0.1, 0.15) is 59.4 Å². The first-order valence-corrected chi connectivity index (χ1v) is 11.5. The molecule has 0 saturated heterocycles. The highest BCUT2D eigenvalue weighted by Gasteiger charge is 2.17. The molecule has 1 aromatic carbocycles. The molecule has 0 saturated carbocycles. The zero-order valence-corrected chi connectivity index (χ0v) is 20.3. The highest BCUT2D eigenvalue weighted by Crippen LogP contribution is 2.30. The van der Waals surface area contributed by atoms with Crippen LogP contribution in [0.2, 0.25) is 0 Å². The second kappa shape index (κ2) is 10.9. The van der Waals surface area contributed by atoms with Crippen molar-refractivity contribution in [3.05, 3.63) is 63.5 Å². The Hall–Kier alpha value is -3.13. The van der Waals surface area contributed by atoms with Crippen LogP contribution in [0.3, 0.4) is 0 Å². The number of aliphatic imine (C=N–C) groups is 1. The summed E-state index contributed by atoms with van der Waals surface area (Å²) in [6.07, 6.45) is 9.75. The van der Waals surface area contributed by atoms with E-state index in [2.05, 4.69) is 44.5 Å². The molecule has 3 aromatic rings. The van der Waals surface area contributed by atoms with Gasteiger partial charge >= 0.3 is 0 Å². The number of rotatable bonds is 8. The minimum atomic E-state index is -0.145. The summed E-state index contributed by atoms with van der Waals surface area (Å²) in [6.45, 7) is 10.1. The van der Waals surface area contributed by atoms with Crippen LogP contribution in [0, 0.1) is 20.8 Å². The summed E-state index contributed by atoms with van der Waals surface area (Å²) in [4.78, 5) is 14.0. The summed E-state index contributed by atoms with van der Waals surface area (Å²) in [7, 11) is 1.67. The molecule has 0 fully saturated rings. The van der Waals surface area contributed by atoms with Gasteiger partial charge in [0.2, 0.25) is 0 Å². The molecule has 0 spiro atoms. The second-order valence-electron chi connectivity index (χ2n) is 7.58. The zero-order valence-electron chi connectivity index (χ0n) is 19.5. The summed E-state index contributed by atoms with van der Waals surface area (Å²) in [5, 5.41) is 13.6. The fourth-order valence-electron chi connectivity index (χ4n) is 3.12. The first kappa shape index (κ1) is 23.5. The largest absolute Gasteiger partial charge is 0.496 e. The van der Waals surface area contributed by atoms with E-state index in [9.17, 15) is 0 Å². The van der Waals surface area contributed by atoms with E-state index < -0.39 is 0 Å². The van der Waals surface area contributed by atoms with Crippen molar-refractivity contribution < 1.29 is 4.74 Å². The molecule has 8 heteroatoms. The predicted molar refractivity (Wildman–Crippen MR) is 130 cm³/mol. The van der Waals surface area contributed by atoms with Crippen molar-refractivity contribution in [3.8, 4) is 17.1 Å². The number of methoxy groups -OCH3 is 1. The Morgan fingerprint density at radius 1 is 1.19 bits per heavy atom. The van der Waals surface area contributed by atoms with E-state index in [1.54, 1.807) is 18.4 Å². The summed E-state index contributed by atoms with van der Waals surface area (Å²) in [5.41, 5.74) is 3.80. The molecular formula is C24H30N6OS. The van der Waals surface area contributed by atoms with Gasteiger partial charge in [0, 0.05) is 29.1 Å². The van der Waals surface area contributed by atoms with Gasteiger partial charge in [0.25, 0.3) is 0 Å². The van der Waals surface area contributed by atoms with Gasteiger partial charge in [-0.15, -0.1) is 10.2 Å². The van der Waals surface area contributed by atoms with E-state index in [-0.39, 0.29) is 6.04 Å². The lowest BCUT2D eigenvalue weighted by Gasteiger charge is -2.16. The van der Waals surface area contributed by atoms with Gasteiger partial charge in [-0.1, -0.05) is 30.8 Å². The number of aromatic nitrogens is 4. The average Bonchev–Trinajstić information content (AvgIpc) is 3.23. The molecule has 0 aliphatic carbocycles. The van der Waals surface area contributed by atoms with Crippen LogP contribution in [0.15, 0.2) is 41.8 Å². The van der Waals surface area contributed by atoms with Gasteiger partial charge in [0.1, 0.15) is 27.6 Å². The summed E-state index contributed by atoms with van der Waals surface area (Å²) in [5.74, 6) is 2.14. The Morgan fingerprint density at radius 3 is 2.56 bits per heavy atom. The number of hydrogen-bond donors (Lipinski definition) is 1. The van der Waals surface area contributed by atoms with E-state index >= 15 is 0 Å². The molecule has 168 valence electrons. The van der Waals surface area contributed by atoms with E-state index in [0.29, 0.717) is 5.82 Å². The van der Waals surface area contributed by atoms with Crippen LogP contribution < -0.4 is 10.1 Å². The first-order valence-electron chi connectivity index (χ1n) is 10.7. The molecule has 0 aliphatic rings. The molecule has 1 unspecified atom stereocenters. The summed E-state index contributed by atoms with van der Waals surface area (Å²) < 4.78 is 5.68. The fourth-order valence-corrected chi connectivity index (χ4v) is 3.81. The third-order valence-corrected chi connectivity index (χ3v) is 5.90. The average molecular weight is 451 g/mol. The van der Waals surface area contributed by atoms with E-state index in [1.807, 2.05) is 52.4 Å². The Morgan fingerprint density at radius 2 is 1.94 bits per heavy atom. The maximum atomic E-state index is 5.68. The number of ether oxygens (including phenoxy) is 1. The molecule has 0 radical (unpaired) electrons. The molecule has 1 N–H and O–H groups in total. The molecule has 3 rings (SSSR count). The second-order valence-corrected chi connectivity index (χ2v) is 8.80. The summed E-state index contributed by atoms with van der Waals surface area (Å²) >= 11 is 1.56. The lowest BCUT2D eigenvalue weighted by Crippen LogP contribution is -2.21. The standard InChI is InChI=1S/C24H30N6OS/c1-7-8-9-10-25-23(28-17(4)24-30-29-18(5)32-24)20-11-19(12-21(31-6)16(20)3)22-26-13-15(2)14-27-22/h9-14,17H,7-8H2,1-6H3,(H,25,28)/b10-9+. The molecular weight excluding hydrogens is 420 g/mol. The van der Waals surface area contributed by atoms with Crippen LogP contribution in [-0.4, -0.2) is 33.1 Å². The van der Waals surface area contributed by atoms with Crippen LogP contribution in [0.25, 0.3) is 11.4 Å². The van der Waals surface area contributed by atoms with Crippen molar-refractivity contribution in [2.75, 3.05) is 7.11 Å². The number of hydrogen-bond acceptors (Lipinski definition) is 7. The quantitative estimate of drug-likeness (QED) is 0.368. The van der Waals surface area contributed by atoms with Crippen molar-refractivity contribution >= 4 is 17.2 Å². The predicted octanol–water partition coefficient (Wildman–Crippen LogP) is 5.34. The van der Waals surface area contributed by atoms with E-state index in [4.69, 9.17) is 9.73 Å². The van der Waals surface area contributed by atoms with Crippen LogP contribution in [0.5, 0.6) is 5.75 Å². The first-order chi connectivity index (χ1) is 15.4. The zero-order chi connectivity index (χ0) is 23.1.